The van der Waals surface area contributed by atoms with E-state index in [1.807, 2.05) is 12.1 Å². The Kier molecular flexibility index (Phi) is 5.37. The number of Topliss-reactive ketones (excluding diaryl/α,β-unsaturated/α-hetero) is 1. The van der Waals surface area contributed by atoms with Gasteiger partial charge in [-0.25, -0.2) is 0 Å². The molecule has 0 aromatic carbocycles. The molecule has 2 unspecified atom stereocenters. The lowest BCUT2D eigenvalue weighted by molar-refractivity contribution is -0.118. The van der Waals surface area contributed by atoms with Crippen LogP contribution in [0.5, 0.6) is 0 Å². The average Bonchev–Trinajstić information content (AvgIpc) is 2.78. The molecule has 2 rings (SSSR count). The summed E-state index contributed by atoms with van der Waals surface area (Å²) in [5.74, 6) is 0.209. The molecule has 0 amide bonds. The Labute approximate surface area is 133 Å². The predicted molar refractivity (Wildman–Crippen MR) is 84.7 cm³/mol. The number of hydrogen-bond acceptors (Lipinski definition) is 3. The van der Waals surface area contributed by atoms with Crippen molar-refractivity contribution >= 4 is 28.4 Å². The summed E-state index contributed by atoms with van der Waals surface area (Å²) in [5.41, 5.74) is 1.47. The number of halogens is 1. The quantitative estimate of drug-likeness (QED) is 0.359. The summed E-state index contributed by atoms with van der Waals surface area (Å²) in [6, 6.07) is 3.97. The van der Waals surface area contributed by atoms with E-state index in [1.165, 1.54) is 19.3 Å². The third-order valence-corrected chi connectivity index (χ3v) is 5.00. The average molecular weight is 380 g/mol. The third kappa shape index (κ3) is 2.81. The third-order valence-electron chi connectivity index (χ3n) is 4.38. The van der Waals surface area contributed by atoms with Crippen LogP contribution in [-0.4, -0.2) is 5.78 Å². The summed E-state index contributed by atoms with van der Waals surface area (Å²) in [6.07, 6.45) is 7.56. The molecule has 3 nitrogen and oxygen atoms in total. The number of nitriles is 2. The molecule has 0 aliphatic heterocycles. The number of carbonyl (C=O) groups is 1. The van der Waals surface area contributed by atoms with Crippen LogP contribution in [0, 0.1) is 34.5 Å². The fraction of sp³-hybridized carbons (Fsp3) is 0.562. The summed E-state index contributed by atoms with van der Waals surface area (Å²) >= 11 is 2.05. The van der Waals surface area contributed by atoms with Crippen molar-refractivity contribution in [3.8, 4) is 12.1 Å². The minimum absolute atomic E-state index is 0.0131. The highest BCUT2D eigenvalue weighted by atomic mass is 127. The Balaban J connectivity index is 2.49. The smallest absolute Gasteiger partial charge is 0.167 e. The van der Waals surface area contributed by atoms with Crippen LogP contribution in [0.25, 0.3) is 0 Å². The lowest BCUT2D eigenvalue weighted by Gasteiger charge is -2.17. The molecule has 4 heteroatoms. The Morgan fingerprint density at radius 2 is 1.60 bits per heavy atom. The molecule has 0 aromatic rings. The molecule has 0 radical (unpaired) electrons. The molecule has 2 saturated carbocycles. The molecular weight excluding hydrogens is 363 g/mol. The molecule has 2 atom stereocenters. The molecule has 0 N–H and O–H groups in total. The van der Waals surface area contributed by atoms with Crippen LogP contribution >= 0.6 is 22.6 Å². The van der Waals surface area contributed by atoms with E-state index in [9.17, 15) is 15.3 Å². The largest absolute Gasteiger partial charge is 0.294 e. The molecule has 0 aromatic heterocycles. The van der Waals surface area contributed by atoms with Crippen molar-refractivity contribution < 1.29 is 4.79 Å². The molecule has 2 aliphatic rings. The van der Waals surface area contributed by atoms with Gasteiger partial charge in [-0.2, -0.15) is 10.5 Å². The van der Waals surface area contributed by atoms with Crippen LogP contribution in [0.1, 0.15) is 44.9 Å². The summed E-state index contributed by atoms with van der Waals surface area (Å²) in [7, 11) is 0. The number of nitrogens with zero attached hydrogens (tertiary/aromatic N) is 2. The van der Waals surface area contributed by atoms with Crippen molar-refractivity contribution in [2.24, 2.45) is 11.8 Å². The first kappa shape index (κ1) is 15.3. The molecule has 0 heterocycles. The van der Waals surface area contributed by atoms with Gasteiger partial charge >= 0.3 is 0 Å². The van der Waals surface area contributed by atoms with Crippen LogP contribution in [-0.2, 0) is 4.79 Å². The van der Waals surface area contributed by atoms with Crippen molar-refractivity contribution in [2.75, 3.05) is 0 Å². The second-order valence-electron chi connectivity index (χ2n) is 5.46. The van der Waals surface area contributed by atoms with Crippen molar-refractivity contribution in [1.82, 2.24) is 0 Å². The van der Waals surface area contributed by atoms with Gasteiger partial charge in [0, 0.05) is 11.5 Å². The normalized spacial score (nSPS) is 28.9. The number of ketones is 1. The van der Waals surface area contributed by atoms with E-state index in [0.717, 1.165) is 31.3 Å². The van der Waals surface area contributed by atoms with E-state index in [1.54, 1.807) is 4.08 Å². The van der Waals surface area contributed by atoms with Crippen LogP contribution in [0.2, 0.25) is 0 Å². The Hall–Kier alpha value is -1.14. The van der Waals surface area contributed by atoms with Gasteiger partial charge < -0.3 is 0 Å². The van der Waals surface area contributed by atoms with Gasteiger partial charge in [-0.15, -0.1) is 0 Å². The zero-order valence-corrected chi connectivity index (χ0v) is 13.5. The molecule has 2 aliphatic carbocycles. The first-order valence-electron chi connectivity index (χ1n) is 7.14. The molecule has 0 bridgehead atoms. The highest BCUT2D eigenvalue weighted by Crippen LogP contribution is 2.45. The van der Waals surface area contributed by atoms with Gasteiger partial charge in [0.15, 0.2) is 5.78 Å². The first-order valence-corrected chi connectivity index (χ1v) is 8.38. The maximum Gasteiger partial charge on any atom is 0.167 e. The van der Waals surface area contributed by atoms with Gasteiger partial charge in [0.1, 0.15) is 17.7 Å². The molecule has 20 heavy (non-hydrogen) atoms. The van der Waals surface area contributed by atoms with Gasteiger partial charge in [0.2, 0.25) is 0 Å². The summed E-state index contributed by atoms with van der Waals surface area (Å²) in [6.45, 7) is 0. The van der Waals surface area contributed by atoms with Crippen molar-refractivity contribution in [2.45, 2.75) is 44.9 Å². The molecule has 2 fully saturated rings. The van der Waals surface area contributed by atoms with Gasteiger partial charge in [0.25, 0.3) is 0 Å². The first-order chi connectivity index (χ1) is 9.74. The number of allylic oxidation sites excluding steroid dienone is 3. The topological polar surface area (TPSA) is 64.7 Å². The predicted octanol–water partition coefficient (Wildman–Crippen LogP) is 4.21. The monoisotopic (exact) mass is 380 g/mol. The van der Waals surface area contributed by atoms with Gasteiger partial charge in [-0.1, -0.05) is 54.7 Å². The number of rotatable bonds is 0. The number of carbonyl (C=O) groups excluding carboxylic acids is 1. The summed E-state index contributed by atoms with van der Waals surface area (Å²) in [5, 5.41) is 18.4. The van der Waals surface area contributed by atoms with Gasteiger partial charge in [0.05, 0.1) is 0 Å². The molecule has 0 saturated heterocycles. The Morgan fingerprint density at radius 1 is 1.05 bits per heavy atom. The lowest BCUT2D eigenvalue weighted by Crippen LogP contribution is -2.15. The maximum absolute atomic E-state index is 12.6. The van der Waals surface area contributed by atoms with Gasteiger partial charge in [-0.05, 0) is 28.4 Å². The Bertz CT molecular complexity index is 532. The van der Waals surface area contributed by atoms with E-state index in [0.29, 0.717) is 5.57 Å². The van der Waals surface area contributed by atoms with Gasteiger partial charge in [-0.3, -0.25) is 4.79 Å². The number of fused-ring (bicyclic) bond motifs is 1. The summed E-state index contributed by atoms with van der Waals surface area (Å²) in [4.78, 5) is 12.6. The minimum atomic E-state index is -0.0131. The highest BCUT2D eigenvalue weighted by Gasteiger charge is 2.43. The Morgan fingerprint density at radius 3 is 2.15 bits per heavy atom. The van der Waals surface area contributed by atoms with Crippen molar-refractivity contribution in [3.05, 3.63) is 20.8 Å². The van der Waals surface area contributed by atoms with Crippen LogP contribution < -0.4 is 0 Å². The number of hydrogen-bond donors (Lipinski definition) is 0. The van der Waals surface area contributed by atoms with Crippen molar-refractivity contribution in [1.29, 1.82) is 10.5 Å². The van der Waals surface area contributed by atoms with E-state index < -0.39 is 0 Å². The fourth-order valence-corrected chi connectivity index (χ4v) is 4.07. The summed E-state index contributed by atoms with van der Waals surface area (Å²) < 4.78 is 1.75. The van der Waals surface area contributed by atoms with Crippen LogP contribution in [0.15, 0.2) is 20.8 Å². The second kappa shape index (κ2) is 7.04. The van der Waals surface area contributed by atoms with E-state index >= 15 is 0 Å². The second-order valence-corrected chi connectivity index (χ2v) is 6.08. The molecule has 104 valence electrons. The zero-order valence-electron chi connectivity index (χ0n) is 11.4. The van der Waals surface area contributed by atoms with Crippen molar-refractivity contribution in [3.63, 3.8) is 0 Å². The SMILES string of the molecule is N#CC(C#N)=C1/C(=C/I)C(=O)C2CCCCCCCC12. The minimum Gasteiger partial charge on any atom is -0.294 e. The van der Waals surface area contributed by atoms with Crippen LogP contribution in [0.3, 0.4) is 0 Å². The maximum atomic E-state index is 12.6. The lowest BCUT2D eigenvalue weighted by atomic mass is 9.84. The van der Waals surface area contributed by atoms with Crippen LogP contribution in [0.4, 0.5) is 0 Å². The highest BCUT2D eigenvalue weighted by molar-refractivity contribution is 14.1. The molecular formula is C16H17IN2O. The molecule has 0 spiro atoms. The van der Waals surface area contributed by atoms with E-state index in [4.69, 9.17) is 0 Å². The van der Waals surface area contributed by atoms with E-state index in [2.05, 4.69) is 22.6 Å². The fourth-order valence-electron chi connectivity index (χ4n) is 3.43. The standard InChI is InChI=1S/C16H17IN2O/c17-8-14-15(11(9-18)10-19)12-6-4-2-1-3-5-7-13(12)16(14)20/h8,12-13H,1-7H2/b14-8-. The van der Waals surface area contributed by atoms with E-state index in [-0.39, 0.29) is 23.2 Å². The zero-order chi connectivity index (χ0) is 14.5.